The second-order valence-electron chi connectivity index (χ2n) is 8.24. The monoisotopic (exact) mass is 362 g/mol. The minimum absolute atomic E-state index is 0.873. The van der Waals surface area contributed by atoms with Gasteiger partial charge in [0.2, 0.25) is 0 Å². The van der Waals surface area contributed by atoms with Gasteiger partial charge in [-0.05, 0) is 30.6 Å². The lowest BCUT2D eigenvalue weighted by atomic mass is 9.85. The molecule has 0 unspecified atom stereocenters. The molecule has 150 valence electrons. The fraction of sp³-hybridized carbons (Fsp3) is 0.792. The van der Waals surface area contributed by atoms with Gasteiger partial charge >= 0.3 is 5.97 Å². The Bertz CT molecular complexity index is 402. The summed E-state index contributed by atoms with van der Waals surface area (Å²) >= 11 is 0. The van der Waals surface area contributed by atoms with Crippen LogP contribution in [0.15, 0.2) is 24.3 Å². The number of hydrogen-bond acceptors (Lipinski definition) is 1. The molecule has 2 heteroatoms. The Morgan fingerprint density at radius 1 is 0.962 bits per heavy atom. The van der Waals surface area contributed by atoms with Crippen LogP contribution in [0, 0.1) is 17.8 Å². The van der Waals surface area contributed by atoms with Gasteiger partial charge in [-0.2, -0.15) is 0 Å². The zero-order valence-corrected chi connectivity index (χ0v) is 17.3. The topological polar surface area (TPSA) is 37.3 Å². The number of carboxylic acid groups (broad SMARTS) is 1. The van der Waals surface area contributed by atoms with Crippen molar-refractivity contribution < 1.29 is 9.90 Å². The molecule has 2 nitrogen and oxygen atoms in total. The maximum Gasteiger partial charge on any atom is 0.328 e. The van der Waals surface area contributed by atoms with E-state index in [9.17, 15) is 4.79 Å². The second kappa shape index (κ2) is 15.1. The van der Waals surface area contributed by atoms with Crippen LogP contribution in [0.1, 0.15) is 104 Å². The standard InChI is InChI=1S/C24H42O2/c1-3-5-13-21(14-6-4-2)15-11-17-23-19-12-18-22(23)16-9-7-8-10-20-24(25)26/h7-8,10,20-23H,3-6,9,11-19H2,1-2H3,(H,25,26)/t22-,23-/m0/s1. The van der Waals surface area contributed by atoms with Gasteiger partial charge in [0.25, 0.3) is 0 Å². The maximum absolute atomic E-state index is 10.4. The van der Waals surface area contributed by atoms with Crippen LogP contribution in [0.25, 0.3) is 0 Å². The van der Waals surface area contributed by atoms with Crippen molar-refractivity contribution in [3.8, 4) is 0 Å². The summed E-state index contributed by atoms with van der Waals surface area (Å²) < 4.78 is 0. The average molecular weight is 363 g/mol. The molecule has 1 rings (SSSR count). The molecule has 1 fully saturated rings. The molecule has 2 atom stereocenters. The fourth-order valence-corrected chi connectivity index (χ4v) is 4.58. The van der Waals surface area contributed by atoms with Gasteiger partial charge < -0.3 is 5.11 Å². The zero-order chi connectivity index (χ0) is 19.0. The lowest BCUT2D eigenvalue weighted by molar-refractivity contribution is -0.131. The molecule has 0 aromatic rings. The quantitative estimate of drug-likeness (QED) is 0.241. The fourth-order valence-electron chi connectivity index (χ4n) is 4.58. The predicted octanol–water partition coefficient (Wildman–Crippen LogP) is 7.55. The molecular weight excluding hydrogens is 320 g/mol. The molecule has 0 amide bonds. The van der Waals surface area contributed by atoms with Crippen LogP contribution >= 0.6 is 0 Å². The average Bonchev–Trinajstić information content (AvgIpc) is 3.07. The summed E-state index contributed by atoms with van der Waals surface area (Å²) in [5.41, 5.74) is 0. The Kier molecular flexibility index (Phi) is 13.3. The number of rotatable bonds is 15. The van der Waals surface area contributed by atoms with Gasteiger partial charge in [-0.25, -0.2) is 4.79 Å². The first kappa shape index (κ1) is 23.0. The minimum atomic E-state index is -0.873. The van der Waals surface area contributed by atoms with Crippen molar-refractivity contribution in [2.45, 2.75) is 104 Å². The highest BCUT2D eigenvalue weighted by molar-refractivity contribution is 5.80. The molecule has 1 N–H and O–H groups in total. The molecule has 1 aliphatic carbocycles. The van der Waals surface area contributed by atoms with E-state index >= 15 is 0 Å². The maximum atomic E-state index is 10.4. The zero-order valence-electron chi connectivity index (χ0n) is 17.3. The molecule has 0 aliphatic heterocycles. The molecule has 0 spiro atoms. The van der Waals surface area contributed by atoms with E-state index in [1.54, 1.807) is 6.08 Å². The number of carboxylic acids is 1. The van der Waals surface area contributed by atoms with Crippen molar-refractivity contribution in [2.75, 3.05) is 0 Å². The summed E-state index contributed by atoms with van der Waals surface area (Å²) in [4.78, 5) is 10.4. The third-order valence-electron chi connectivity index (χ3n) is 6.13. The number of aliphatic carboxylic acids is 1. The Labute approximate surface area is 162 Å². The van der Waals surface area contributed by atoms with E-state index < -0.39 is 5.97 Å². The first-order valence-corrected chi connectivity index (χ1v) is 11.2. The van der Waals surface area contributed by atoms with Crippen LogP contribution in [0.5, 0.6) is 0 Å². The molecule has 1 saturated carbocycles. The highest BCUT2D eigenvalue weighted by Crippen LogP contribution is 2.38. The van der Waals surface area contributed by atoms with Crippen LogP contribution in [0.3, 0.4) is 0 Å². The lowest BCUT2D eigenvalue weighted by Gasteiger charge is -2.21. The molecule has 0 bridgehead atoms. The van der Waals surface area contributed by atoms with Crippen molar-refractivity contribution >= 4 is 5.97 Å². The third-order valence-corrected chi connectivity index (χ3v) is 6.13. The van der Waals surface area contributed by atoms with Gasteiger partial charge in [0.1, 0.15) is 0 Å². The number of carbonyl (C=O) groups is 1. The Balaban J connectivity index is 2.26. The van der Waals surface area contributed by atoms with Crippen molar-refractivity contribution in [3.63, 3.8) is 0 Å². The predicted molar refractivity (Wildman–Crippen MR) is 112 cm³/mol. The van der Waals surface area contributed by atoms with Crippen LogP contribution in [0.2, 0.25) is 0 Å². The summed E-state index contributed by atoms with van der Waals surface area (Å²) in [6, 6.07) is 0. The lowest BCUT2D eigenvalue weighted by Crippen LogP contribution is -2.09. The SMILES string of the molecule is CCCCC(CCCC)CCC[C@H]1CCC[C@@H]1CCC=CC=CC(=O)O. The van der Waals surface area contributed by atoms with E-state index in [2.05, 4.69) is 19.9 Å². The van der Waals surface area contributed by atoms with E-state index in [1.165, 1.54) is 89.5 Å². The van der Waals surface area contributed by atoms with Gasteiger partial charge in [0.15, 0.2) is 0 Å². The van der Waals surface area contributed by atoms with Crippen molar-refractivity contribution in [3.05, 3.63) is 24.3 Å². The van der Waals surface area contributed by atoms with Gasteiger partial charge in [0, 0.05) is 6.08 Å². The molecule has 0 saturated heterocycles. The Morgan fingerprint density at radius 3 is 2.19 bits per heavy atom. The summed E-state index contributed by atoms with van der Waals surface area (Å²) in [7, 11) is 0. The highest BCUT2D eigenvalue weighted by atomic mass is 16.4. The molecule has 1 aliphatic rings. The van der Waals surface area contributed by atoms with E-state index in [0.29, 0.717) is 0 Å². The van der Waals surface area contributed by atoms with Gasteiger partial charge in [-0.3, -0.25) is 0 Å². The smallest absolute Gasteiger partial charge is 0.328 e. The highest BCUT2D eigenvalue weighted by Gasteiger charge is 2.26. The molecule has 0 heterocycles. The second-order valence-corrected chi connectivity index (χ2v) is 8.24. The van der Waals surface area contributed by atoms with Crippen LogP contribution in [0.4, 0.5) is 0 Å². The van der Waals surface area contributed by atoms with Crippen LogP contribution in [-0.4, -0.2) is 11.1 Å². The van der Waals surface area contributed by atoms with Crippen LogP contribution in [-0.2, 0) is 4.79 Å². The third kappa shape index (κ3) is 10.8. The van der Waals surface area contributed by atoms with E-state index in [1.807, 2.05) is 6.08 Å². The largest absolute Gasteiger partial charge is 0.478 e. The van der Waals surface area contributed by atoms with E-state index in [0.717, 1.165) is 24.2 Å². The number of hydrogen-bond donors (Lipinski definition) is 1. The number of allylic oxidation sites excluding steroid dienone is 3. The molecule has 0 aromatic heterocycles. The van der Waals surface area contributed by atoms with Gasteiger partial charge in [-0.15, -0.1) is 0 Å². The number of unbranched alkanes of at least 4 members (excludes halogenated alkanes) is 2. The summed E-state index contributed by atoms with van der Waals surface area (Å²) in [6.07, 6.45) is 26.1. The normalized spacial score (nSPS) is 20.7. The molecule has 0 aromatic carbocycles. The minimum Gasteiger partial charge on any atom is -0.478 e. The molecular formula is C24H42O2. The Hall–Kier alpha value is -1.05. The van der Waals surface area contributed by atoms with Crippen LogP contribution < -0.4 is 0 Å². The molecule has 0 radical (unpaired) electrons. The summed E-state index contributed by atoms with van der Waals surface area (Å²) in [5, 5.41) is 8.57. The van der Waals surface area contributed by atoms with E-state index in [-0.39, 0.29) is 0 Å². The van der Waals surface area contributed by atoms with Gasteiger partial charge in [-0.1, -0.05) is 109 Å². The first-order valence-electron chi connectivity index (χ1n) is 11.2. The summed E-state index contributed by atoms with van der Waals surface area (Å²) in [6.45, 7) is 4.62. The molecule has 26 heavy (non-hydrogen) atoms. The Morgan fingerprint density at radius 2 is 1.58 bits per heavy atom. The summed E-state index contributed by atoms with van der Waals surface area (Å²) in [5.74, 6) is 1.93. The first-order chi connectivity index (χ1) is 12.7. The van der Waals surface area contributed by atoms with Crippen molar-refractivity contribution in [2.24, 2.45) is 17.8 Å². The van der Waals surface area contributed by atoms with Crippen molar-refractivity contribution in [1.29, 1.82) is 0 Å². The van der Waals surface area contributed by atoms with Gasteiger partial charge in [0.05, 0.1) is 0 Å². The van der Waals surface area contributed by atoms with Crippen molar-refractivity contribution in [1.82, 2.24) is 0 Å². The van der Waals surface area contributed by atoms with E-state index in [4.69, 9.17) is 5.11 Å².